The van der Waals surface area contributed by atoms with Gasteiger partial charge in [-0.1, -0.05) is 36.4 Å². The summed E-state index contributed by atoms with van der Waals surface area (Å²) in [6, 6.07) is 13.7. The van der Waals surface area contributed by atoms with Crippen LogP contribution in [0, 0.1) is 5.82 Å². The second-order valence-electron chi connectivity index (χ2n) is 5.37. The van der Waals surface area contributed by atoms with Crippen LogP contribution in [0.3, 0.4) is 0 Å². The number of benzene rings is 2. The van der Waals surface area contributed by atoms with E-state index < -0.39 is 6.04 Å². The lowest BCUT2D eigenvalue weighted by Gasteiger charge is -2.13. The number of nitrogens with one attached hydrogen (secondary N) is 1. The Morgan fingerprint density at radius 1 is 1.21 bits per heavy atom. The normalized spacial score (nSPS) is 11.5. The number of methoxy groups -OCH3 is 1. The molecule has 1 atom stereocenters. The summed E-state index contributed by atoms with van der Waals surface area (Å²) >= 11 is 0. The fraction of sp³-hybridized carbons (Fsp3) is 0.278. The minimum absolute atomic E-state index is 0. The molecular formula is C18H22ClFN2O2. The molecule has 6 heteroatoms. The molecule has 4 nitrogen and oxygen atoms in total. The molecule has 0 radical (unpaired) electrons. The zero-order chi connectivity index (χ0) is 16.7. The first-order valence-corrected chi connectivity index (χ1v) is 7.43. The van der Waals surface area contributed by atoms with Crippen molar-refractivity contribution in [2.75, 3.05) is 7.11 Å². The van der Waals surface area contributed by atoms with Crippen molar-refractivity contribution in [2.24, 2.45) is 5.73 Å². The molecule has 1 amide bonds. The van der Waals surface area contributed by atoms with Crippen LogP contribution >= 0.6 is 12.4 Å². The van der Waals surface area contributed by atoms with Crippen molar-refractivity contribution in [2.45, 2.75) is 25.6 Å². The molecule has 0 unspecified atom stereocenters. The molecule has 2 aromatic carbocycles. The molecule has 0 bridgehead atoms. The Morgan fingerprint density at radius 3 is 2.58 bits per heavy atom. The average Bonchev–Trinajstić information content (AvgIpc) is 2.56. The Bertz CT molecular complexity index is 653. The van der Waals surface area contributed by atoms with Gasteiger partial charge in [-0.15, -0.1) is 12.4 Å². The summed E-state index contributed by atoms with van der Waals surface area (Å²) in [6.45, 7) is 0.499. The van der Waals surface area contributed by atoms with Crippen LogP contribution in [-0.2, 0) is 29.1 Å². The van der Waals surface area contributed by atoms with E-state index in [-0.39, 0.29) is 30.7 Å². The maximum Gasteiger partial charge on any atom is 0.237 e. The van der Waals surface area contributed by atoms with Crippen LogP contribution in [0.1, 0.15) is 16.7 Å². The number of hydrogen-bond donors (Lipinski definition) is 2. The molecule has 2 rings (SSSR count). The van der Waals surface area contributed by atoms with Crippen LogP contribution in [0.15, 0.2) is 48.5 Å². The van der Waals surface area contributed by atoms with Crippen molar-refractivity contribution in [1.29, 1.82) is 0 Å². The van der Waals surface area contributed by atoms with Gasteiger partial charge in [-0.2, -0.15) is 0 Å². The number of amides is 1. The highest BCUT2D eigenvalue weighted by Crippen LogP contribution is 2.11. The zero-order valence-electron chi connectivity index (χ0n) is 13.5. The van der Waals surface area contributed by atoms with Gasteiger partial charge in [0.05, 0.1) is 12.6 Å². The summed E-state index contributed by atoms with van der Waals surface area (Å²) in [6.07, 6.45) is 0.477. The van der Waals surface area contributed by atoms with E-state index in [0.717, 1.165) is 11.1 Å². The van der Waals surface area contributed by atoms with E-state index in [1.54, 1.807) is 12.1 Å². The lowest BCUT2D eigenvalue weighted by Crippen LogP contribution is -2.41. The van der Waals surface area contributed by atoms with Gasteiger partial charge in [0, 0.05) is 19.2 Å². The standard InChI is InChI=1S/C18H21FN2O2.ClH/c1-23-12-15-9-14(7-8-16(15)19)11-21-18(22)17(20)10-13-5-3-2-4-6-13;/h2-9,17H,10-12,20H2,1H3,(H,21,22);1H/t17-;/m0./s1. The van der Waals surface area contributed by atoms with Crippen molar-refractivity contribution in [3.05, 3.63) is 71.0 Å². The number of carbonyl (C=O) groups excluding carboxylic acids is 1. The molecule has 24 heavy (non-hydrogen) atoms. The smallest absolute Gasteiger partial charge is 0.237 e. The highest BCUT2D eigenvalue weighted by Gasteiger charge is 2.14. The van der Waals surface area contributed by atoms with E-state index >= 15 is 0 Å². The minimum Gasteiger partial charge on any atom is -0.380 e. The first-order valence-electron chi connectivity index (χ1n) is 7.43. The summed E-state index contributed by atoms with van der Waals surface area (Å²) in [7, 11) is 1.51. The molecule has 2 aromatic rings. The Morgan fingerprint density at radius 2 is 1.92 bits per heavy atom. The molecule has 0 heterocycles. The maximum atomic E-state index is 13.5. The monoisotopic (exact) mass is 352 g/mol. The van der Waals surface area contributed by atoms with E-state index in [1.807, 2.05) is 30.3 Å². The van der Waals surface area contributed by atoms with E-state index in [9.17, 15) is 9.18 Å². The molecule has 0 fully saturated rings. The van der Waals surface area contributed by atoms with E-state index in [1.165, 1.54) is 13.2 Å². The second-order valence-corrected chi connectivity index (χ2v) is 5.37. The fourth-order valence-corrected chi connectivity index (χ4v) is 2.29. The molecule has 0 aliphatic rings. The van der Waals surface area contributed by atoms with Crippen LogP contribution in [0.5, 0.6) is 0 Å². The van der Waals surface area contributed by atoms with E-state index in [4.69, 9.17) is 10.5 Å². The molecule has 130 valence electrons. The van der Waals surface area contributed by atoms with Crippen LogP contribution in [0.2, 0.25) is 0 Å². The predicted octanol–water partition coefficient (Wildman–Crippen LogP) is 2.58. The number of nitrogens with two attached hydrogens (primary N) is 1. The number of carbonyl (C=O) groups is 1. The summed E-state index contributed by atoms with van der Waals surface area (Å²) in [5.74, 6) is -0.547. The third kappa shape index (κ3) is 5.92. The molecule has 3 N–H and O–H groups in total. The van der Waals surface area contributed by atoms with Gasteiger partial charge >= 0.3 is 0 Å². The molecule has 0 saturated carbocycles. The highest BCUT2D eigenvalue weighted by atomic mass is 35.5. The van der Waals surface area contributed by atoms with Crippen molar-refractivity contribution in [1.82, 2.24) is 5.32 Å². The third-order valence-electron chi connectivity index (χ3n) is 3.51. The van der Waals surface area contributed by atoms with Crippen LogP contribution < -0.4 is 11.1 Å². The van der Waals surface area contributed by atoms with Gasteiger partial charge < -0.3 is 15.8 Å². The van der Waals surface area contributed by atoms with E-state index in [0.29, 0.717) is 18.5 Å². The molecular weight excluding hydrogens is 331 g/mol. The Labute approximate surface area is 147 Å². The van der Waals surface area contributed by atoms with Crippen molar-refractivity contribution < 1.29 is 13.9 Å². The second kappa shape index (κ2) is 10.0. The Balaban J connectivity index is 0.00000288. The number of halogens is 2. The van der Waals surface area contributed by atoms with Crippen LogP contribution in [0.25, 0.3) is 0 Å². The summed E-state index contributed by atoms with van der Waals surface area (Å²) in [4.78, 5) is 12.1. The Hall–Kier alpha value is -1.95. The lowest BCUT2D eigenvalue weighted by molar-refractivity contribution is -0.122. The average molecular weight is 353 g/mol. The van der Waals surface area contributed by atoms with Gasteiger partial charge in [0.15, 0.2) is 0 Å². The van der Waals surface area contributed by atoms with Gasteiger partial charge in [0.2, 0.25) is 5.91 Å². The predicted molar refractivity (Wildman–Crippen MR) is 94.3 cm³/mol. The van der Waals surface area contributed by atoms with Crippen LogP contribution in [0.4, 0.5) is 4.39 Å². The lowest BCUT2D eigenvalue weighted by atomic mass is 10.1. The van der Waals surface area contributed by atoms with Gasteiger partial charge in [-0.3, -0.25) is 4.79 Å². The Kier molecular flexibility index (Phi) is 8.40. The zero-order valence-corrected chi connectivity index (χ0v) is 14.3. The maximum absolute atomic E-state index is 13.5. The first-order chi connectivity index (χ1) is 11.1. The van der Waals surface area contributed by atoms with E-state index in [2.05, 4.69) is 5.32 Å². The van der Waals surface area contributed by atoms with Gasteiger partial charge in [-0.05, 0) is 29.7 Å². The van der Waals surface area contributed by atoms with Gasteiger partial charge in [0.25, 0.3) is 0 Å². The van der Waals surface area contributed by atoms with Crippen LogP contribution in [-0.4, -0.2) is 19.1 Å². The van der Waals surface area contributed by atoms with Crippen molar-refractivity contribution in [3.63, 3.8) is 0 Å². The topological polar surface area (TPSA) is 64.3 Å². The van der Waals surface area contributed by atoms with Crippen molar-refractivity contribution >= 4 is 18.3 Å². The fourth-order valence-electron chi connectivity index (χ4n) is 2.29. The SMILES string of the molecule is COCc1cc(CNC(=O)[C@@H](N)Cc2ccccc2)ccc1F.Cl. The molecule has 0 aliphatic carbocycles. The summed E-state index contributed by atoms with van der Waals surface area (Å²) in [5, 5.41) is 2.78. The molecule has 0 aliphatic heterocycles. The molecule has 0 saturated heterocycles. The first kappa shape index (κ1) is 20.1. The highest BCUT2D eigenvalue weighted by molar-refractivity contribution is 5.85. The quantitative estimate of drug-likeness (QED) is 0.805. The number of ether oxygens (including phenoxy) is 1. The molecule has 0 aromatic heterocycles. The summed E-state index contributed by atoms with van der Waals surface area (Å²) < 4.78 is 18.5. The summed E-state index contributed by atoms with van der Waals surface area (Å²) in [5.41, 5.74) is 8.21. The van der Waals surface area contributed by atoms with Gasteiger partial charge in [0.1, 0.15) is 5.82 Å². The van der Waals surface area contributed by atoms with Crippen molar-refractivity contribution in [3.8, 4) is 0 Å². The molecule has 0 spiro atoms. The minimum atomic E-state index is -0.615. The third-order valence-corrected chi connectivity index (χ3v) is 3.51. The number of rotatable bonds is 7. The van der Waals surface area contributed by atoms with Gasteiger partial charge in [-0.25, -0.2) is 4.39 Å². The largest absolute Gasteiger partial charge is 0.380 e. The number of hydrogen-bond acceptors (Lipinski definition) is 3.